The number of ether oxygens (including phenoxy) is 1. The van der Waals surface area contributed by atoms with Crippen LogP contribution in [-0.2, 0) is 17.7 Å². The second-order valence-electron chi connectivity index (χ2n) is 19.1. The van der Waals surface area contributed by atoms with E-state index in [0.29, 0.717) is 29.6 Å². The molecule has 2 unspecified atom stereocenters. The van der Waals surface area contributed by atoms with Gasteiger partial charge in [-0.15, -0.1) is 10.2 Å². The smallest absolute Gasteiger partial charge is 0.355 e. The van der Waals surface area contributed by atoms with Gasteiger partial charge in [-0.2, -0.15) is 5.10 Å². The number of benzene rings is 1. The Hall–Kier alpha value is -4.46. The Morgan fingerprint density at radius 1 is 0.897 bits per heavy atom. The molecule has 304 valence electrons. The quantitative estimate of drug-likeness (QED) is 0.132. The van der Waals surface area contributed by atoms with Crippen molar-refractivity contribution in [2.24, 2.45) is 16.2 Å². The predicted molar refractivity (Wildman–Crippen MR) is 227 cm³/mol. The second kappa shape index (κ2) is 14.1. The van der Waals surface area contributed by atoms with Crippen molar-refractivity contribution in [1.82, 2.24) is 34.8 Å². The fourth-order valence-electron chi connectivity index (χ4n) is 12.8. The number of carbonyl (C=O) groups is 1. The number of nitrogens with zero attached hydrogens (tertiary/aromatic N) is 8. The molecule has 2 atom stereocenters. The largest absolute Gasteiger partial charge is 0.476 e. The van der Waals surface area contributed by atoms with Crippen molar-refractivity contribution >= 4 is 50.1 Å². The first-order valence-corrected chi connectivity index (χ1v) is 22.1. The average molecular weight is 802 g/mol. The Balaban J connectivity index is 0.898. The number of hydrogen-bond donors (Lipinski definition) is 2. The number of para-hydroxylation sites is 1. The van der Waals surface area contributed by atoms with Crippen LogP contribution in [0.1, 0.15) is 105 Å². The predicted octanol–water partition coefficient (Wildman–Crippen LogP) is 9.11. The summed E-state index contributed by atoms with van der Waals surface area (Å²) in [4.78, 5) is 27.1. The highest BCUT2D eigenvalue weighted by molar-refractivity contribution is 7.22. The lowest BCUT2D eigenvalue weighted by atomic mass is 9.39. The van der Waals surface area contributed by atoms with Crippen molar-refractivity contribution < 1.29 is 14.6 Å². The number of thiazole rings is 1. The van der Waals surface area contributed by atoms with E-state index in [1.807, 2.05) is 41.4 Å². The summed E-state index contributed by atoms with van der Waals surface area (Å²) in [6.07, 6.45) is 14.5. The summed E-state index contributed by atoms with van der Waals surface area (Å²) in [6.45, 7) is 14.9. The number of hydrogen-bond acceptors (Lipinski definition) is 11. The van der Waals surface area contributed by atoms with Crippen LogP contribution < -0.4 is 10.2 Å². The molecule has 0 amide bonds. The number of pyridine rings is 1. The van der Waals surface area contributed by atoms with Gasteiger partial charge in [0, 0.05) is 47.6 Å². The first-order chi connectivity index (χ1) is 27.9. The first kappa shape index (κ1) is 37.8. The summed E-state index contributed by atoms with van der Waals surface area (Å²) >= 11 is 1.58. The molecule has 1 aromatic carbocycles. The maximum absolute atomic E-state index is 13.0. The van der Waals surface area contributed by atoms with Gasteiger partial charge in [0.25, 0.3) is 0 Å². The zero-order chi connectivity index (χ0) is 39.9. The number of rotatable bonds is 11. The Kier molecular flexibility index (Phi) is 9.18. The highest BCUT2D eigenvalue weighted by atomic mass is 32.1. The minimum absolute atomic E-state index is 0.0157. The average Bonchev–Trinajstić information content (AvgIpc) is 3.76. The lowest BCUT2D eigenvalue weighted by Gasteiger charge is -2.69. The third-order valence-corrected chi connectivity index (χ3v) is 15.0. The van der Waals surface area contributed by atoms with E-state index < -0.39 is 5.97 Å². The topological polar surface area (TPSA) is 134 Å². The zero-order valence-corrected chi connectivity index (χ0v) is 35.1. The monoisotopic (exact) mass is 801 g/mol. The van der Waals surface area contributed by atoms with Crippen molar-refractivity contribution in [3.8, 4) is 11.1 Å². The molecule has 11 rings (SSSR count). The first-order valence-electron chi connectivity index (χ1n) is 21.3. The maximum Gasteiger partial charge on any atom is 0.355 e. The minimum Gasteiger partial charge on any atom is -0.476 e. The van der Waals surface area contributed by atoms with Crippen molar-refractivity contribution in [3.05, 3.63) is 65.1 Å². The van der Waals surface area contributed by atoms with Gasteiger partial charge < -0.3 is 25.0 Å². The molecule has 5 aromatic rings. The van der Waals surface area contributed by atoms with Crippen LogP contribution in [0.2, 0.25) is 0 Å². The van der Waals surface area contributed by atoms with E-state index in [-0.39, 0.29) is 27.5 Å². The Bertz CT molecular complexity index is 2350. The summed E-state index contributed by atoms with van der Waals surface area (Å²) in [5, 5.41) is 29.0. The van der Waals surface area contributed by atoms with Gasteiger partial charge in [0.1, 0.15) is 5.82 Å². The number of piperidine rings is 1. The van der Waals surface area contributed by atoms with Gasteiger partial charge >= 0.3 is 5.97 Å². The van der Waals surface area contributed by atoms with Crippen molar-refractivity contribution in [2.45, 2.75) is 110 Å². The number of aromatic nitrogens is 6. The Morgan fingerprint density at radius 3 is 2.47 bits per heavy atom. The highest BCUT2D eigenvalue weighted by Gasteiger charge is 2.66. The van der Waals surface area contributed by atoms with Crippen LogP contribution in [0.3, 0.4) is 0 Å². The van der Waals surface area contributed by atoms with Crippen LogP contribution in [0.5, 0.6) is 0 Å². The molecule has 0 spiro atoms. The maximum atomic E-state index is 13.0. The fourth-order valence-corrected chi connectivity index (χ4v) is 13.7. The standard InChI is InChI=1S/C45H55N9O3S/c1-29-31-11-10-18-53(39(31)51-50-38(29)49-41-47-34-12-6-7-13-35(34)58-41)36-15-14-32(37(48-36)40(55)56)33-21-46-54(30(33)2)28-44-23-42(3)22-43(4,24-44)26-45(25-42,27-44)57-20-19-52-16-8-5-9-17-52/h6-7,12-15,21H,5,8-11,16-20,22-28H2,1-4H3,(H,55,56)(H,47,49,50). The fraction of sp³-hybridized carbons (Fsp3) is 0.556. The summed E-state index contributed by atoms with van der Waals surface area (Å²) in [5.41, 5.74) is 5.90. The minimum atomic E-state index is -1.07. The van der Waals surface area contributed by atoms with Crippen LogP contribution >= 0.6 is 11.3 Å². The lowest BCUT2D eigenvalue weighted by Crippen LogP contribution is -2.64. The Labute approximate surface area is 344 Å². The molecule has 58 heavy (non-hydrogen) atoms. The third kappa shape index (κ3) is 6.76. The SMILES string of the molecule is Cc1c(Nc2nc3ccccc3s2)nnc2c1CCCN2c1ccc(-c2cnn(CC34CC5(C)CC(C)(C3)CC(OCCN3CCCCC3)(C5)C4)c2C)c(C(=O)O)n1. The van der Waals surface area contributed by atoms with Crippen molar-refractivity contribution in [2.75, 3.05) is 43.0 Å². The molecule has 2 aliphatic heterocycles. The van der Waals surface area contributed by atoms with Crippen LogP contribution in [0.15, 0.2) is 42.6 Å². The molecule has 6 aliphatic rings. The molecule has 2 N–H and O–H groups in total. The van der Waals surface area contributed by atoms with E-state index in [2.05, 4.69) is 58.9 Å². The molecule has 4 aromatic heterocycles. The summed E-state index contributed by atoms with van der Waals surface area (Å²) in [7, 11) is 0. The van der Waals surface area contributed by atoms with Crippen LogP contribution in [-0.4, -0.2) is 84.3 Å². The number of carboxylic acids is 1. The molecule has 13 heteroatoms. The molecule has 0 radical (unpaired) electrons. The van der Waals surface area contributed by atoms with E-state index in [1.165, 1.54) is 51.6 Å². The van der Waals surface area contributed by atoms with E-state index in [1.54, 1.807) is 11.3 Å². The number of anilines is 4. The number of carboxylic acid groups (broad SMARTS) is 1. The molecule has 12 nitrogen and oxygen atoms in total. The van der Waals surface area contributed by atoms with Crippen LogP contribution in [0, 0.1) is 30.1 Å². The zero-order valence-electron chi connectivity index (χ0n) is 34.3. The normalized spacial score (nSPS) is 28.0. The van der Waals surface area contributed by atoms with Crippen molar-refractivity contribution in [3.63, 3.8) is 0 Å². The van der Waals surface area contributed by atoms with Gasteiger partial charge in [-0.05, 0) is 132 Å². The second-order valence-corrected chi connectivity index (χ2v) is 20.2. The molecular weight excluding hydrogens is 747 g/mol. The molecule has 4 saturated carbocycles. The lowest BCUT2D eigenvalue weighted by molar-refractivity contribution is -0.249. The van der Waals surface area contributed by atoms with Crippen LogP contribution in [0.4, 0.5) is 22.6 Å². The van der Waals surface area contributed by atoms with E-state index in [0.717, 1.165) is 89.5 Å². The van der Waals surface area contributed by atoms with Crippen molar-refractivity contribution in [1.29, 1.82) is 0 Å². The molecule has 5 fully saturated rings. The molecule has 6 heterocycles. The Morgan fingerprint density at radius 2 is 1.69 bits per heavy atom. The van der Waals surface area contributed by atoms with Gasteiger partial charge in [0.15, 0.2) is 22.5 Å². The summed E-state index contributed by atoms with van der Waals surface area (Å²) < 4.78 is 10.3. The number of fused-ring (bicyclic) bond motifs is 2. The summed E-state index contributed by atoms with van der Waals surface area (Å²) in [6, 6.07) is 11.9. The van der Waals surface area contributed by atoms with Gasteiger partial charge in [-0.1, -0.05) is 43.7 Å². The van der Waals surface area contributed by atoms with Gasteiger partial charge in [0.05, 0.1) is 28.6 Å². The molecule has 4 aliphatic carbocycles. The van der Waals surface area contributed by atoms with E-state index in [4.69, 9.17) is 19.8 Å². The highest BCUT2D eigenvalue weighted by Crippen LogP contribution is 2.72. The molecular formula is C45H55N9O3S. The van der Waals surface area contributed by atoms with Gasteiger partial charge in [-0.3, -0.25) is 4.68 Å². The van der Waals surface area contributed by atoms with Gasteiger partial charge in [0.2, 0.25) is 0 Å². The number of nitrogens with one attached hydrogen (secondary N) is 1. The van der Waals surface area contributed by atoms with Crippen LogP contribution in [0.25, 0.3) is 21.3 Å². The third-order valence-electron chi connectivity index (χ3n) is 14.1. The van der Waals surface area contributed by atoms with E-state index in [9.17, 15) is 9.90 Å². The number of likely N-dealkylation sites (tertiary alicyclic amines) is 1. The number of aromatic carboxylic acids is 1. The molecule has 1 saturated heterocycles. The molecule has 4 bridgehead atoms. The van der Waals surface area contributed by atoms with Gasteiger partial charge in [-0.25, -0.2) is 14.8 Å². The van der Waals surface area contributed by atoms with E-state index >= 15 is 0 Å². The summed E-state index contributed by atoms with van der Waals surface area (Å²) in [5.74, 6) is 0.872.